The van der Waals surface area contributed by atoms with E-state index in [0.717, 1.165) is 0 Å². The first-order valence-electron chi connectivity index (χ1n) is 3.49. The Morgan fingerprint density at radius 1 is 1.09 bits per heavy atom. The quantitative estimate of drug-likeness (QED) is 0.635. The highest BCUT2D eigenvalue weighted by Gasteiger charge is 2.32. The van der Waals surface area contributed by atoms with E-state index in [2.05, 4.69) is 0 Å². The zero-order valence-electron chi connectivity index (χ0n) is 7.49. The summed E-state index contributed by atoms with van der Waals surface area (Å²) < 4.78 is 0. The van der Waals surface area contributed by atoms with Gasteiger partial charge < -0.3 is 5.73 Å². The second-order valence-electron chi connectivity index (χ2n) is 4.30. The van der Waals surface area contributed by atoms with Crippen LogP contribution in [0.3, 0.4) is 0 Å². The number of hydrogen-bond acceptors (Lipinski definition) is 2. The fourth-order valence-electron chi connectivity index (χ4n) is 0.967. The van der Waals surface area contributed by atoms with E-state index in [4.69, 9.17) is 5.73 Å². The minimum absolute atomic E-state index is 0. The van der Waals surface area contributed by atoms with E-state index in [1.807, 2.05) is 20.8 Å². The van der Waals surface area contributed by atoms with E-state index >= 15 is 0 Å². The van der Waals surface area contributed by atoms with E-state index < -0.39 is 5.54 Å². The van der Waals surface area contributed by atoms with Crippen LogP contribution in [0, 0.1) is 5.41 Å². The molecule has 2 nitrogen and oxygen atoms in total. The summed E-state index contributed by atoms with van der Waals surface area (Å²) in [5.41, 5.74) is 4.60. The maximum absolute atomic E-state index is 11.4. The molecule has 0 aromatic rings. The molecule has 0 spiro atoms. The third-order valence-electron chi connectivity index (χ3n) is 1.27. The van der Waals surface area contributed by atoms with Crippen LogP contribution in [0.1, 0.15) is 42.0 Å². The number of hydrogen-bond donors (Lipinski definition) is 1. The monoisotopic (exact) mass is 159 g/mol. The highest BCUT2D eigenvalue weighted by molar-refractivity contribution is 5.91. The Hall–Kier alpha value is -0.370. The van der Waals surface area contributed by atoms with Crippen molar-refractivity contribution in [3.8, 4) is 0 Å². The molecule has 0 aliphatic heterocycles. The third kappa shape index (κ3) is 4.14. The number of carbonyl (C=O) groups excluding carboxylic acids is 1. The van der Waals surface area contributed by atoms with Crippen LogP contribution in [-0.4, -0.2) is 11.3 Å². The van der Waals surface area contributed by atoms with Gasteiger partial charge in [0.1, 0.15) is 0 Å². The minimum atomic E-state index is -0.696. The van der Waals surface area contributed by atoms with Gasteiger partial charge in [0.2, 0.25) is 0 Å². The van der Waals surface area contributed by atoms with Crippen molar-refractivity contribution in [2.75, 3.05) is 0 Å². The molecule has 2 heteroatoms. The lowest BCUT2D eigenvalue weighted by Gasteiger charge is -2.26. The molecule has 0 aliphatic rings. The van der Waals surface area contributed by atoms with Crippen LogP contribution in [0.5, 0.6) is 0 Å². The van der Waals surface area contributed by atoms with Crippen molar-refractivity contribution in [1.29, 1.82) is 0 Å². The normalized spacial score (nSPS) is 12.2. The van der Waals surface area contributed by atoms with Crippen molar-refractivity contribution in [1.82, 2.24) is 0 Å². The van der Waals surface area contributed by atoms with E-state index in [1.54, 1.807) is 13.8 Å². The molecule has 0 fully saturated rings. The summed E-state index contributed by atoms with van der Waals surface area (Å²) in [6.45, 7) is 9.11. The standard InChI is InChI=1S/C8H17NO.CH4/c1-7(2,3)6(10)8(4,5)9;/h9H2,1-5H3;1H4. The first kappa shape index (κ1) is 13.2. The Kier molecular flexibility index (Phi) is 4.03. The van der Waals surface area contributed by atoms with Crippen LogP contribution in [0.25, 0.3) is 0 Å². The van der Waals surface area contributed by atoms with Gasteiger partial charge in [0.05, 0.1) is 5.54 Å². The predicted molar refractivity (Wildman–Crippen MR) is 49.5 cm³/mol. The first-order valence-corrected chi connectivity index (χ1v) is 3.49. The predicted octanol–water partition coefficient (Wildman–Crippen LogP) is 1.98. The van der Waals surface area contributed by atoms with Gasteiger partial charge in [0.25, 0.3) is 0 Å². The van der Waals surface area contributed by atoms with E-state index in [1.165, 1.54) is 0 Å². The van der Waals surface area contributed by atoms with Gasteiger partial charge in [-0.3, -0.25) is 4.79 Å². The summed E-state index contributed by atoms with van der Waals surface area (Å²) in [6.07, 6.45) is 0. The average Bonchev–Trinajstić information content (AvgIpc) is 1.59. The molecular formula is C9H21NO. The lowest BCUT2D eigenvalue weighted by molar-refractivity contribution is -0.130. The molecular weight excluding hydrogens is 138 g/mol. The van der Waals surface area contributed by atoms with Crippen molar-refractivity contribution in [2.24, 2.45) is 11.1 Å². The van der Waals surface area contributed by atoms with Crippen LogP contribution in [0.15, 0.2) is 0 Å². The van der Waals surface area contributed by atoms with Crippen molar-refractivity contribution >= 4 is 5.78 Å². The molecule has 0 saturated carbocycles. The van der Waals surface area contributed by atoms with Gasteiger partial charge in [0.15, 0.2) is 5.78 Å². The van der Waals surface area contributed by atoms with Crippen molar-refractivity contribution in [3.05, 3.63) is 0 Å². The molecule has 0 bridgehead atoms. The number of nitrogens with two attached hydrogens (primary N) is 1. The fourth-order valence-corrected chi connectivity index (χ4v) is 0.967. The van der Waals surface area contributed by atoms with Crippen LogP contribution in [-0.2, 0) is 4.79 Å². The first-order chi connectivity index (χ1) is 4.15. The molecule has 68 valence electrons. The second-order valence-corrected chi connectivity index (χ2v) is 4.30. The lowest BCUT2D eigenvalue weighted by Crippen LogP contribution is -2.47. The number of ketones is 1. The summed E-state index contributed by atoms with van der Waals surface area (Å²) >= 11 is 0. The van der Waals surface area contributed by atoms with Crippen molar-refractivity contribution in [2.45, 2.75) is 47.6 Å². The molecule has 0 saturated heterocycles. The molecule has 11 heavy (non-hydrogen) atoms. The Labute approximate surface area is 70.2 Å². The molecule has 0 amide bonds. The SMILES string of the molecule is C.CC(C)(C)C(=O)C(C)(C)N. The van der Waals surface area contributed by atoms with Gasteiger partial charge in [0, 0.05) is 5.41 Å². The summed E-state index contributed by atoms with van der Waals surface area (Å²) in [5.74, 6) is 0.0972. The number of carbonyl (C=O) groups is 1. The van der Waals surface area contributed by atoms with Crippen molar-refractivity contribution < 1.29 is 4.79 Å². The maximum Gasteiger partial charge on any atom is 0.157 e. The highest BCUT2D eigenvalue weighted by atomic mass is 16.1. The topological polar surface area (TPSA) is 43.1 Å². The summed E-state index contributed by atoms with van der Waals surface area (Å²) in [5, 5.41) is 0. The van der Waals surface area contributed by atoms with Crippen molar-refractivity contribution in [3.63, 3.8) is 0 Å². The summed E-state index contributed by atoms with van der Waals surface area (Å²) in [7, 11) is 0. The van der Waals surface area contributed by atoms with E-state index in [-0.39, 0.29) is 18.6 Å². The second kappa shape index (κ2) is 3.35. The molecule has 0 heterocycles. The molecule has 2 N–H and O–H groups in total. The molecule has 0 unspecified atom stereocenters. The van der Waals surface area contributed by atoms with Gasteiger partial charge in [-0.05, 0) is 13.8 Å². The van der Waals surface area contributed by atoms with Crippen LogP contribution in [0.2, 0.25) is 0 Å². The van der Waals surface area contributed by atoms with Crippen LogP contribution >= 0.6 is 0 Å². The van der Waals surface area contributed by atoms with Crippen LogP contribution < -0.4 is 5.73 Å². The Balaban J connectivity index is 0. The van der Waals surface area contributed by atoms with Gasteiger partial charge in [-0.2, -0.15) is 0 Å². The Morgan fingerprint density at radius 2 is 1.36 bits per heavy atom. The number of Topliss-reactive ketones (excluding diaryl/α,β-unsaturated/α-hetero) is 1. The number of rotatable bonds is 1. The molecule has 0 rings (SSSR count). The fraction of sp³-hybridized carbons (Fsp3) is 0.889. The zero-order valence-corrected chi connectivity index (χ0v) is 7.49. The highest BCUT2D eigenvalue weighted by Crippen LogP contribution is 2.20. The largest absolute Gasteiger partial charge is 0.319 e. The molecule has 0 radical (unpaired) electrons. The summed E-state index contributed by atoms with van der Waals surface area (Å²) in [6, 6.07) is 0. The zero-order chi connectivity index (χ0) is 8.58. The van der Waals surface area contributed by atoms with Gasteiger partial charge in [-0.25, -0.2) is 0 Å². The Bertz CT molecular complexity index is 121. The molecule has 0 aromatic heterocycles. The van der Waals surface area contributed by atoms with E-state index in [0.29, 0.717) is 0 Å². The molecule has 0 aromatic carbocycles. The van der Waals surface area contributed by atoms with Gasteiger partial charge in [-0.1, -0.05) is 28.2 Å². The van der Waals surface area contributed by atoms with Gasteiger partial charge in [-0.15, -0.1) is 0 Å². The Morgan fingerprint density at radius 3 is 1.36 bits per heavy atom. The third-order valence-corrected chi connectivity index (χ3v) is 1.27. The smallest absolute Gasteiger partial charge is 0.157 e. The maximum atomic E-state index is 11.4. The van der Waals surface area contributed by atoms with Gasteiger partial charge >= 0.3 is 0 Å². The average molecular weight is 159 g/mol. The molecule has 0 atom stereocenters. The lowest BCUT2D eigenvalue weighted by atomic mass is 9.81. The summed E-state index contributed by atoms with van der Waals surface area (Å²) in [4.78, 5) is 11.4. The van der Waals surface area contributed by atoms with Crippen LogP contribution in [0.4, 0.5) is 0 Å². The van der Waals surface area contributed by atoms with E-state index in [9.17, 15) is 4.79 Å². The molecule has 0 aliphatic carbocycles. The minimum Gasteiger partial charge on any atom is -0.319 e.